The number of ether oxygens (including phenoxy) is 1. The number of aromatic nitrogens is 1. The summed E-state index contributed by atoms with van der Waals surface area (Å²) in [7, 11) is 0. The van der Waals surface area contributed by atoms with E-state index in [0.717, 1.165) is 5.69 Å². The predicted octanol–water partition coefficient (Wildman–Crippen LogP) is 2.37. The Morgan fingerprint density at radius 3 is 2.50 bits per heavy atom. The fraction of sp³-hybridized carbons (Fsp3) is 0.0769. The minimum atomic E-state index is -0.504. The van der Waals surface area contributed by atoms with Crippen molar-refractivity contribution in [1.82, 2.24) is 4.57 Å². The van der Waals surface area contributed by atoms with Crippen LogP contribution in [0, 0.1) is 3.57 Å². The first kappa shape index (κ1) is 12.8. The Balaban J connectivity index is 2.58. The molecule has 5 heteroatoms. The van der Waals surface area contributed by atoms with Crippen LogP contribution >= 0.6 is 22.6 Å². The van der Waals surface area contributed by atoms with Crippen molar-refractivity contribution >= 4 is 28.6 Å². The van der Waals surface area contributed by atoms with Gasteiger partial charge in [0.15, 0.2) is 0 Å². The zero-order valence-electron chi connectivity index (χ0n) is 9.59. The summed E-state index contributed by atoms with van der Waals surface area (Å²) in [5, 5.41) is 0. The molecule has 4 nitrogen and oxygen atoms in total. The van der Waals surface area contributed by atoms with Gasteiger partial charge in [0, 0.05) is 18.8 Å². The number of para-hydroxylation sites is 1. The van der Waals surface area contributed by atoms with Gasteiger partial charge in [-0.05, 0) is 40.8 Å². The zero-order valence-corrected chi connectivity index (χ0v) is 11.7. The van der Waals surface area contributed by atoms with Gasteiger partial charge in [-0.3, -0.25) is 14.2 Å². The second kappa shape index (κ2) is 5.34. The molecule has 0 aliphatic carbocycles. The molecular formula is C13H10INO3. The monoisotopic (exact) mass is 355 g/mol. The van der Waals surface area contributed by atoms with Crippen LogP contribution in [0.15, 0.2) is 47.4 Å². The molecule has 1 aromatic carbocycles. The Hall–Kier alpha value is -1.63. The highest BCUT2D eigenvalue weighted by molar-refractivity contribution is 14.1. The molecule has 0 amide bonds. The maximum atomic E-state index is 12.2. The van der Waals surface area contributed by atoms with Gasteiger partial charge < -0.3 is 4.74 Å². The van der Waals surface area contributed by atoms with Crippen molar-refractivity contribution in [2.75, 3.05) is 0 Å². The van der Waals surface area contributed by atoms with Gasteiger partial charge in [-0.15, -0.1) is 0 Å². The lowest BCUT2D eigenvalue weighted by atomic mass is 10.3. The molecule has 2 aromatic rings. The van der Waals surface area contributed by atoms with Crippen LogP contribution < -0.4 is 10.3 Å². The topological polar surface area (TPSA) is 48.3 Å². The number of benzene rings is 1. The van der Waals surface area contributed by atoms with E-state index in [-0.39, 0.29) is 11.3 Å². The predicted molar refractivity (Wildman–Crippen MR) is 76.1 cm³/mol. The maximum Gasteiger partial charge on any atom is 0.308 e. The second-order valence-electron chi connectivity index (χ2n) is 3.60. The molecule has 2 rings (SSSR count). The van der Waals surface area contributed by atoms with Gasteiger partial charge in [0.1, 0.15) is 0 Å². The molecule has 1 heterocycles. The quantitative estimate of drug-likeness (QED) is 0.614. The average Bonchev–Trinajstić information content (AvgIpc) is 2.35. The molecule has 0 N–H and O–H groups in total. The SMILES string of the molecule is CC(=O)Oc1c(I)ccn(-c2ccccc2)c1=O. The highest BCUT2D eigenvalue weighted by atomic mass is 127. The third-order valence-electron chi connectivity index (χ3n) is 2.28. The van der Waals surface area contributed by atoms with Crippen LogP contribution in [0.2, 0.25) is 0 Å². The summed E-state index contributed by atoms with van der Waals surface area (Å²) < 4.78 is 7.01. The molecule has 0 atom stereocenters. The van der Waals surface area contributed by atoms with E-state index in [1.165, 1.54) is 11.5 Å². The Bertz CT molecular complexity index is 634. The molecule has 0 radical (unpaired) electrons. The first-order valence-corrected chi connectivity index (χ1v) is 6.32. The maximum absolute atomic E-state index is 12.2. The standard InChI is InChI=1S/C13H10INO3/c1-9(16)18-12-11(14)7-8-15(13(12)17)10-5-3-2-4-6-10/h2-8H,1H3. The summed E-state index contributed by atoms with van der Waals surface area (Å²) in [6.45, 7) is 1.27. The summed E-state index contributed by atoms with van der Waals surface area (Å²) in [6.07, 6.45) is 1.66. The van der Waals surface area contributed by atoms with E-state index in [1.807, 2.05) is 52.9 Å². The van der Waals surface area contributed by atoms with Crippen molar-refractivity contribution in [3.63, 3.8) is 0 Å². The Morgan fingerprint density at radius 2 is 1.89 bits per heavy atom. The summed E-state index contributed by atoms with van der Waals surface area (Å²) in [5.41, 5.74) is 0.385. The first-order chi connectivity index (χ1) is 8.59. The Morgan fingerprint density at radius 1 is 1.22 bits per heavy atom. The van der Waals surface area contributed by atoms with Crippen molar-refractivity contribution in [3.8, 4) is 11.4 Å². The van der Waals surface area contributed by atoms with Crippen LogP contribution in [0.25, 0.3) is 5.69 Å². The van der Waals surface area contributed by atoms with E-state index in [1.54, 1.807) is 12.3 Å². The summed E-state index contributed by atoms with van der Waals surface area (Å²) in [5.74, 6) is -0.440. The van der Waals surface area contributed by atoms with Crippen LogP contribution in [-0.2, 0) is 4.79 Å². The minimum Gasteiger partial charge on any atom is -0.420 e. The van der Waals surface area contributed by atoms with Gasteiger partial charge in [-0.25, -0.2) is 0 Å². The summed E-state index contributed by atoms with van der Waals surface area (Å²) in [4.78, 5) is 23.2. The third kappa shape index (κ3) is 2.61. The molecule has 92 valence electrons. The van der Waals surface area contributed by atoms with Crippen molar-refractivity contribution in [1.29, 1.82) is 0 Å². The fourth-order valence-corrected chi connectivity index (χ4v) is 2.02. The van der Waals surface area contributed by atoms with Crippen LogP contribution in [-0.4, -0.2) is 10.5 Å². The molecule has 0 saturated heterocycles. The van der Waals surface area contributed by atoms with Crippen LogP contribution in [0.3, 0.4) is 0 Å². The molecule has 18 heavy (non-hydrogen) atoms. The molecule has 0 aliphatic rings. The fourth-order valence-electron chi connectivity index (χ4n) is 1.52. The van der Waals surface area contributed by atoms with Gasteiger partial charge in [-0.2, -0.15) is 0 Å². The number of halogens is 1. The molecule has 0 unspecified atom stereocenters. The Kier molecular flexibility index (Phi) is 3.81. The van der Waals surface area contributed by atoms with E-state index in [9.17, 15) is 9.59 Å². The number of rotatable bonds is 2. The molecule has 0 spiro atoms. The number of carbonyl (C=O) groups is 1. The highest BCUT2D eigenvalue weighted by Crippen LogP contribution is 2.17. The van der Waals surface area contributed by atoms with Gasteiger partial charge in [0.2, 0.25) is 5.75 Å². The van der Waals surface area contributed by atoms with Crippen LogP contribution in [0.1, 0.15) is 6.92 Å². The number of hydrogen-bond donors (Lipinski definition) is 0. The molecule has 0 aliphatic heterocycles. The molecule has 0 bridgehead atoms. The van der Waals surface area contributed by atoms with E-state index in [0.29, 0.717) is 3.57 Å². The number of pyridine rings is 1. The zero-order chi connectivity index (χ0) is 13.1. The van der Waals surface area contributed by atoms with Crippen molar-refractivity contribution in [2.45, 2.75) is 6.92 Å². The van der Waals surface area contributed by atoms with E-state index >= 15 is 0 Å². The van der Waals surface area contributed by atoms with Crippen molar-refractivity contribution in [2.24, 2.45) is 0 Å². The largest absolute Gasteiger partial charge is 0.420 e. The molecule has 0 saturated carbocycles. The van der Waals surface area contributed by atoms with E-state index in [4.69, 9.17) is 4.74 Å². The van der Waals surface area contributed by atoms with Gasteiger partial charge in [0.05, 0.1) is 3.57 Å². The van der Waals surface area contributed by atoms with Crippen molar-refractivity contribution in [3.05, 3.63) is 56.5 Å². The van der Waals surface area contributed by atoms with Crippen LogP contribution in [0.5, 0.6) is 5.75 Å². The lowest BCUT2D eigenvalue weighted by Gasteiger charge is -2.09. The number of carbonyl (C=O) groups excluding carboxylic acids is 1. The Labute approximate surface area is 117 Å². The van der Waals surface area contributed by atoms with Gasteiger partial charge in [0.25, 0.3) is 5.56 Å². The third-order valence-corrected chi connectivity index (χ3v) is 3.13. The lowest BCUT2D eigenvalue weighted by Crippen LogP contribution is -2.22. The first-order valence-electron chi connectivity index (χ1n) is 5.24. The second-order valence-corrected chi connectivity index (χ2v) is 4.76. The number of esters is 1. The van der Waals surface area contributed by atoms with E-state index in [2.05, 4.69) is 0 Å². The van der Waals surface area contributed by atoms with Crippen molar-refractivity contribution < 1.29 is 9.53 Å². The average molecular weight is 355 g/mol. The normalized spacial score (nSPS) is 10.1. The summed E-state index contributed by atoms with van der Waals surface area (Å²) >= 11 is 1.96. The van der Waals surface area contributed by atoms with Gasteiger partial charge in [-0.1, -0.05) is 18.2 Å². The van der Waals surface area contributed by atoms with Crippen LogP contribution in [0.4, 0.5) is 0 Å². The molecule has 0 fully saturated rings. The highest BCUT2D eigenvalue weighted by Gasteiger charge is 2.12. The molecular weight excluding hydrogens is 345 g/mol. The number of hydrogen-bond acceptors (Lipinski definition) is 3. The summed E-state index contributed by atoms with van der Waals surface area (Å²) in [6, 6.07) is 10.9. The minimum absolute atomic E-state index is 0.0643. The smallest absolute Gasteiger partial charge is 0.308 e. The lowest BCUT2D eigenvalue weighted by molar-refractivity contribution is -0.132. The van der Waals surface area contributed by atoms with Gasteiger partial charge >= 0.3 is 5.97 Å². The number of nitrogens with zero attached hydrogens (tertiary/aromatic N) is 1. The van der Waals surface area contributed by atoms with E-state index < -0.39 is 5.97 Å². The molecule has 1 aromatic heterocycles.